The Morgan fingerprint density at radius 1 is 1.31 bits per heavy atom. The van der Waals surface area contributed by atoms with Crippen molar-refractivity contribution >= 4 is 23.4 Å². The maximum Gasteiger partial charge on any atom is 0.244 e. The summed E-state index contributed by atoms with van der Waals surface area (Å²) in [6.45, 7) is 5.38. The fraction of sp³-hybridized carbons (Fsp3) is 0.476. The summed E-state index contributed by atoms with van der Waals surface area (Å²) in [6, 6.07) is 9.07. The number of hydrogen-bond acceptors (Lipinski definition) is 4. The van der Waals surface area contributed by atoms with Crippen molar-refractivity contribution < 1.29 is 14.3 Å². The number of piperidine rings is 1. The molecule has 7 nitrogen and oxygen atoms in total. The van der Waals surface area contributed by atoms with Crippen molar-refractivity contribution in [2.45, 2.75) is 39.7 Å². The lowest BCUT2D eigenvalue weighted by atomic mass is 9.77. The molecule has 1 aliphatic rings. The third-order valence-electron chi connectivity index (χ3n) is 5.29. The number of nitrogens with two attached hydrogens (primary N) is 1. The second-order valence-corrected chi connectivity index (χ2v) is 8.33. The van der Waals surface area contributed by atoms with Crippen LogP contribution in [0.2, 0.25) is 5.02 Å². The van der Waals surface area contributed by atoms with Crippen molar-refractivity contribution in [3.05, 3.63) is 46.7 Å². The topological polar surface area (TPSA) is 90.5 Å². The monoisotopic (exact) mass is 418 g/mol. The number of nitrogens with zero attached hydrogens (tertiary/aromatic N) is 3. The second-order valence-electron chi connectivity index (χ2n) is 7.89. The van der Waals surface area contributed by atoms with Gasteiger partial charge in [0.05, 0.1) is 12.3 Å². The predicted octanol–water partition coefficient (Wildman–Crippen LogP) is 2.72. The summed E-state index contributed by atoms with van der Waals surface area (Å²) < 4.78 is 7.66. The number of halogens is 1. The van der Waals surface area contributed by atoms with E-state index in [0.29, 0.717) is 30.5 Å². The number of ether oxygens (including phenoxy) is 1. The van der Waals surface area contributed by atoms with Gasteiger partial charge < -0.3 is 15.4 Å². The van der Waals surface area contributed by atoms with E-state index in [-0.39, 0.29) is 18.9 Å². The molecule has 0 saturated carbocycles. The van der Waals surface area contributed by atoms with Gasteiger partial charge in [-0.15, -0.1) is 0 Å². The van der Waals surface area contributed by atoms with Crippen LogP contribution in [0.4, 0.5) is 0 Å². The molecule has 2 N–H and O–H groups in total. The van der Waals surface area contributed by atoms with E-state index < -0.39 is 11.3 Å². The Morgan fingerprint density at radius 3 is 2.76 bits per heavy atom. The zero-order valence-corrected chi connectivity index (χ0v) is 17.6. The molecule has 156 valence electrons. The largest absolute Gasteiger partial charge is 0.493 e. The summed E-state index contributed by atoms with van der Waals surface area (Å²) in [5, 5.41) is 4.95. The van der Waals surface area contributed by atoms with Gasteiger partial charge in [-0.1, -0.05) is 17.7 Å². The van der Waals surface area contributed by atoms with Gasteiger partial charge in [0.25, 0.3) is 0 Å². The quantitative estimate of drug-likeness (QED) is 0.748. The van der Waals surface area contributed by atoms with Gasteiger partial charge in [0, 0.05) is 35.6 Å². The predicted molar refractivity (Wildman–Crippen MR) is 111 cm³/mol. The molecule has 2 amide bonds. The van der Waals surface area contributed by atoms with Crippen LogP contribution in [0.15, 0.2) is 30.3 Å². The summed E-state index contributed by atoms with van der Waals surface area (Å²) in [5.74, 6) is 0.215. The molecule has 8 heteroatoms. The molecule has 29 heavy (non-hydrogen) atoms. The first-order chi connectivity index (χ1) is 13.8. The van der Waals surface area contributed by atoms with Crippen molar-refractivity contribution in [2.24, 2.45) is 11.1 Å². The lowest BCUT2D eigenvalue weighted by molar-refractivity contribution is -0.138. The molecule has 0 aliphatic carbocycles. The van der Waals surface area contributed by atoms with Crippen LogP contribution in [0.25, 0.3) is 0 Å². The second kappa shape index (κ2) is 8.86. The molecule has 2 aromatic rings. The molecule has 0 radical (unpaired) electrons. The van der Waals surface area contributed by atoms with Gasteiger partial charge in [0.2, 0.25) is 11.8 Å². The van der Waals surface area contributed by atoms with E-state index in [1.807, 2.05) is 32.0 Å². The number of primary amides is 1. The maximum atomic E-state index is 12.9. The van der Waals surface area contributed by atoms with Crippen molar-refractivity contribution in [1.29, 1.82) is 0 Å². The molecule has 0 spiro atoms. The Kier molecular flexibility index (Phi) is 6.47. The number of aryl methyl sites for hydroxylation is 2. The van der Waals surface area contributed by atoms with Gasteiger partial charge in [0.15, 0.2) is 0 Å². The Hall–Kier alpha value is -2.54. The molecule has 1 aromatic heterocycles. The molecular formula is C21H27ClN4O3. The highest BCUT2D eigenvalue weighted by atomic mass is 35.5. The highest BCUT2D eigenvalue weighted by Crippen LogP contribution is 2.35. The first-order valence-corrected chi connectivity index (χ1v) is 10.1. The molecule has 1 fully saturated rings. The summed E-state index contributed by atoms with van der Waals surface area (Å²) in [5.41, 5.74) is 6.85. The van der Waals surface area contributed by atoms with Crippen molar-refractivity contribution in [1.82, 2.24) is 14.7 Å². The molecule has 0 bridgehead atoms. The Bertz CT molecular complexity index is 898. The van der Waals surface area contributed by atoms with Crippen LogP contribution >= 0.6 is 11.6 Å². The van der Waals surface area contributed by atoms with Gasteiger partial charge in [-0.25, -0.2) is 0 Å². The lowest BCUT2D eigenvalue weighted by Crippen LogP contribution is -2.51. The molecule has 1 aliphatic heterocycles. The van der Waals surface area contributed by atoms with Crippen LogP contribution < -0.4 is 10.5 Å². The van der Waals surface area contributed by atoms with Gasteiger partial charge in [-0.2, -0.15) is 5.10 Å². The number of likely N-dealkylation sites (tertiary alicyclic amines) is 1. The number of rotatable bonds is 7. The van der Waals surface area contributed by atoms with E-state index in [0.717, 1.165) is 24.2 Å². The molecular weight excluding hydrogens is 392 g/mol. The van der Waals surface area contributed by atoms with Crippen molar-refractivity contribution in [3.8, 4) is 5.75 Å². The fourth-order valence-corrected chi connectivity index (χ4v) is 4.14. The maximum absolute atomic E-state index is 12.9. The zero-order chi connectivity index (χ0) is 21.0. The number of carbonyl (C=O) groups excluding carboxylic acids is 2. The average molecular weight is 419 g/mol. The van der Waals surface area contributed by atoms with E-state index >= 15 is 0 Å². The summed E-state index contributed by atoms with van der Waals surface area (Å²) in [6.07, 6.45) is 1.71. The van der Waals surface area contributed by atoms with Crippen LogP contribution in [-0.4, -0.2) is 46.2 Å². The molecule has 0 unspecified atom stereocenters. The lowest BCUT2D eigenvalue weighted by Gasteiger charge is -2.42. The number of hydrogen-bond donors (Lipinski definition) is 1. The van der Waals surface area contributed by atoms with Gasteiger partial charge in [0.1, 0.15) is 12.3 Å². The summed E-state index contributed by atoms with van der Waals surface area (Å²) in [4.78, 5) is 26.5. The Labute approximate surface area is 175 Å². The van der Waals surface area contributed by atoms with Crippen molar-refractivity contribution in [3.63, 3.8) is 0 Å². The number of benzene rings is 1. The number of aromatic nitrogens is 2. The van der Waals surface area contributed by atoms with E-state index in [9.17, 15) is 9.59 Å². The molecule has 1 atom stereocenters. The first-order valence-electron chi connectivity index (χ1n) is 9.72. The normalized spacial score (nSPS) is 19.2. The number of amides is 2. The average Bonchev–Trinajstić information content (AvgIpc) is 2.97. The minimum Gasteiger partial charge on any atom is -0.493 e. The van der Waals surface area contributed by atoms with Crippen LogP contribution in [0.3, 0.4) is 0 Å². The third kappa shape index (κ3) is 5.50. The minimum absolute atomic E-state index is 0.0208. The van der Waals surface area contributed by atoms with E-state index in [1.54, 1.807) is 21.7 Å². The standard InChI is InChI=1S/C21H27ClN4O3/c1-15-9-16(2)26(24-15)12-20(28)25-8-4-7-21(13-25,11-19(23)27)14-29-18-6-3-5-17(22)10-18/h3,5-6,9-10H,4,7-8,11-14H2,1-2H3,(H2,23,27)/t21-/m0/s1. The van der Waals surface area contributed by atoms with Crippen LogP contribution in [-0.2, 0) is 16.1 Å². The molecule has 1 saturated heterocycles. The summed E-state index contributed by atoms with van der Waals surface area (Å²) >= 11 is 6.03. The van der Waals surface area contributed by atoms with Gasteiger partial charge in [-0.3, -0.25) is 14.3 Å². The Morgan fingerprint density at radius 2 is 2.10 bits per heavy atom. The molecule has 1 aromatic carbocycles. The molecule has 2 heterocycles. The number of carbonyl (C=O) groups is 2. The molecule has 3 rings (SSSR count). The smallest absolute Gasteiger partial charge is 0.244 e. The summed E-state index contributed by atoms with van der Waals surface area (Å²) in [7, 11) is 0. The van der Waals surface area contributed by atoms with Gasteiger partial charge in [-0.05, 0) is 51.0 Å². The third-order valence-corrected chi connectivity index (χ3v) is 5.53. The van der Waals surface area contributed by atoms with E-state index in [1.165, 1.54) is 0 Å². The van der Waals surface area contributed by atoms with Crippen LogP contribution in [0.5, 0.6) is 5.75 Å². The van der Waals surface area contributed by atoms with Crippen LogP contribution in [0.1, 0.15) is 30.7 Å². The van der Waals surface area contributed by atoms with Gasteiger partial charge >= 0.3 is 0 Å². The van der Waals surface area contributed by atoms with E-state index in [2.05, 4.69) is 5.10 Å². The minimum atomic E-state index is -0.517. The zero-order valence-electron chi connectivity index (χ0n) is 16.9. The highest BCUT2D eigenvalue weighted by Gasteiger charge is 2.39. The first kappa shape index (κ1) is 21.2. The fourth-order valence-electron chi connectivity index (χ4n) is 3.96. The SMILES string of the molecule is Cc1cc(C)n(CC(=O)N2CCC[C@](COc3cccc(Cl)c3)(CC(N)=O)C2)n1. The van der Waals surface area contributed by atoms with Crippen LogP contribution in [0, 0.1) is 19.3 Å². The van der Waals surface area contributed by atoms with E-state index in [4.69, 9.17) is 22.1 Å². The Balaban J connectivity index is 1.71. The highest BCUT2D eigenvalue weighted by molar-refractivity contribution is 6.30. The van der Waals surface area contributed by atoms with Crippen molar-refractivity contribution in [2.75, 3.05) is 19.7 Å².